The van der Waals surface area contributed by atoms with Crippen LogP contribution >= 0.6 is 0 Å². The number of aromatic nitrogens is 2. The zero-order valence-electron chi connectivity index (χ0n) is 15.4. The van der Waals surface area contributed by atoms with Gasteiger partial charge in [0.05, 0.1) is 23.3 Å². The summed E-state index contributed by atoms with van der Waals surface area (Å²) < 4.78 is 0. The molecule has 6 rings (SSSR count). The number of hydrogen-bond acceptors (Lipinski definition) is 4. The van der Waals surface area contributed by atoms with Crippen molar-refractivity contribution in [2.45, 2.75) is 25.3 Å². The fourth-order valence-corrected chi connectivity index (χ4v) is 4.89. The number of piperidine rings is 2. The molecule has 1 saturated carbocycles. The fourth-order valence-electron chi connectivity index (χ4n) is 4.89. The van der Waals surface area contributed by atoms with E-state index in [2.05, 4.69) is 15.3 Å². The molecule has 7 nitrogen and oxygen atoms in total. The Labute approximate surface area is 158 Å². The van der Waals surface area contributed by atoms with E-state index in [4.69, 9.17) is 0 Å². The van der Waals surface area contributed by atoms with Gasteiger partial charge in [-0.3, -0.25) is 9.59 Å². The predicted octanol–water partition coefficient (Wildman–Crippen LogP) is 1.24. The van der Waals surface area contributed by atoms with Gasteiger partial charge in [0, 0.05) is 37.8 Å². The first-order valence-corrected chi connectivity index (χ1v) is 9.93. The monoisotopic (exact) mass is 367 g/mol. The maximum absolute atomic E-state index is 13.0. The number of nitrogens with zero attached hydrogens (tertiary/aromatic N) is 3. The van der Waals surface area contributed by atoms with Gasteiger partial charge in [0.1, 0.15) is 0 Å². The largest absolute Gasteiger partial charge is 0.345 e. The molecule has 3 unspecified atom stereocenters. The van der Waals surface area contributed by atoms with Crippen LogP contribution in [0.25, 0.3) is 11.0 Å². The van der Waals surface area contributed by atoms with E-state index in [9.17, 15) is 9.59 Å². The lowest BCUT2D eigenvalue weighted by molar-refractivity contribution is -0.140. The number of piperazine rings is 1. The van der Waals surface area contributed by atoms with Gasteiger partial charge >= 0.3 is 0 Å². The summed E-state index contributed by atoms with van der Waals surface area (Å²) in [4.78, 5) is 36.9. The molecular formula is C20H25N5O2. The number of fused-ring (bicyclic) bond motifs is 4. The van der Waals surface area contributed by atoms with Gasteiger partial charge in [-0.05, 0) is 49.9 Å². The highest BCUT2D eigenvalue weighted by Gasteiger charge is 2.41. The van der Waals surface area contributed by atoms with Crippen LogP contribution in [0.5, 0.6) is 0 Å². The number of carbonyl (C=O) groups excluding carboxylic acids is 2. The van der Waals surface area contributed by atoms with Crippen LogP contribution < -0.4 is 5.32 Å². The minimum Gasteiger partial charge on any atom is -0.345 e. The second-order valence-corrected chi connectivity index (χ2v) is 8.05. The third-order valence-corrected chi connectivity index (χ3v) is 6.49. The van der Waals surface area contributed by atoms with Gasteiger partial charge in [0.25, 0.3) is 5.91 Å². The first-order chi connectivity index (χ1) is 13.2. The molecule has 0 radical (unpaired) electrons. The Balaban J connectivity index is 1.22. The minimum absolute atomic E-state index is 0.0250. The molecular weight excluding hydrogens is 342 g/mol. The molecule has 2 amide bonds. The first-order valence-electron chi connectivity index (χ1n) is 9.93. The van der Waals surface area contributed by atoms with E-state index in [1.54, 1.807) is 6.33 Å². The summed E-state index contributed by atoms with van der Waals surface area (Å²) in [6.07, 6.45) is 5.04. The Morgan fingerprint density at radius 3 is 2.59 bits per heavy atom. The van der Waals surface area contributed by atoms with Crippen LogP contribution in [0.1, 0.15) is 29.6 Å². The topological polar surface area (TPSA) is 81.3 Å². The van der Waals surface area contributed by atoms with Gasteiger partial charge in [0.2, 0.25) is 5.91 Å². The van der Waals surface area contributed by atoms with Gasteiger partial charge in [-0.25, -0.2) is 4.98 Å². The van der Waals surface area contributed by atoms with E-state index in [0.717, 1.165) is 30.4 Å². The summed E-state index contributed by atoms with van der Waals surface area (Å²) in [6.45, 7) is 3.52. The first kappa shape index (κ1) is 16.7. The van der Waals surface area contributed by atoms with Crippen LogP contribution in [0.2, 0.25) is 0 Å². The lowest BCUT2D eigenvalue weighted by atomic mass is 9.73. The molecule has 4 aliphatic rings. The molecule has 3 atom stereocenters. The van der Waals surface area contributed by atoms with Crippen molar-refractivity contribution in [3.8, 4) is 0 Å². The van der Waals surface area contributed by atoms with E-state index >= 15 is 0 Å². The van der Waals surface area contributed by atoms with Gasteiger partial charge in [-0.15, -0.1) is 0 Å². The average Bonchev–Trinajstić information content (AvgIpc) is 3.21. The molecule has 4 fully saturated rings. The fraction of sp³-hybridized carbons (Fsp3) is 0.550. The third-order valence-electron chi connectivity index (χ3n) is 6.49. The molecule has 1 aromatic heterocycles. The Morgan fingerprint density at radius 2 is 1.89 bits per heavy atom. The van der Waals surface area contributed by atoms with Crippen LogP contribution in [0.3, 0.4) is 0 Å². The van der Waals surface area contributed by atoms with Crippen molar-refractivity contribution >= 4 is 22.8 Å². The Bertz CT molecular complexity index is 862. The highest BCUT2D eigenvalue weighted by Crippen LogP contribution is 2.34. The number of imidazole rings is 1. The number of amides is 2. The van der Waals surface area contributed by atoms with Crippen LogP contribution in [0.15, 0.2) is 24.5 Å². The molecule has 1 aromatic carbocycles. The van der Waals surface area contributed by atoms with Crippen molar-refractivity contribution in [3.05, 3.63) is 30.1 Å². The number of benzene rings is 1. The molecule has 142 valence electrons. The molecule has 2 bridgehead atoms. The van der Waals surface area contributed by atoms with Crippen molar-refractivity contribution in [3.63, 3.8) is 0 Å². The van der Waals surface area contributed by atoms with Gasteiger partial charge in [0.15, 0.2) is 0 Å². The van der Waals surface area contributed by atoms with Crippen molar-refractivity contribution in [1.29, 1.82) is 0 Å². The second-order valence-electron chi connectivity index (χ2n) is 8.05. The predicted molar refractivity (Wildman–Crippen MR) is 101 cm³/mol. The average molecular weight is 367 g/mol. The minimum atomic E-state index is 0.0250. The smallest absolute Gasteiger partial charge is 0.254 e. The van der Waals surface area contributed by atoms with Crippen LogP contribution in [0.4, 0.5) is 0 Å². The van der Waals surface area contributed by atoms with Crippen molar-refractivity contribution in [1.82, 2.24) is 25.1 Å². The standard InChI is InChI=1S/C20H25N5O2/c26-19(14-2-4-17-18(10-14)23-12-22-17)24-5-7-25(8-6-24)20(27)15-9-13-1-3-16(15)21-11-13/h2,4,10,12-13,15-16,21H,1,3,5-9,11H2,(H,22,23). The number of aromatic amines is 1. The maximum atomic E-state index is 13.0. The zero-order chi connectivity index (χ0) is 18.4. The summed E-state index contributed by atoms with van der Waals surface area (Å²) in [6, 6.07) is 5.90. The van der Waals surface area contributed by atoms with E-state index in [1.165, 1.54) is 6.42 Å². The van der Waals surface area contributed by atoms with Crippen LogP contribution in [-0.4, -0.2) is 70.3 Å². The number of rotatable bonds is 2. The molecule has 3 aliphatic heterocycles. The number of hydrogen-bond donors (Lipinski definition) is 2. The number of carbonyl (C=O) groups is 2. The molecule has 2 N–H and O–H groups in total. The summed E-state index contributed by atoms with van der Waals surface area (Å²) in [7, 11) is 0. The molecule has 2 aromatic rings. The van der Waals surface area contributed by atoms with E-state index in [-0.39, 0.29) is 17.7 Å². The molecule has 27 heavy (non-hydrogen) atoms. The highest BCUT2D eigenvalue weighted by atomic mass is 16.2. The third kappa shape index (κ3) is 3.00. The number of nitrogens with one attached hydrogen (secondary N) is 2. The molecule has 1 aliphatic carbocycles. The normalized spacial score (nSPS) is 27.9. The van der Waals surface area contributed by atoms with E-state index < -0.39 is 0 Å². The lowest BCUT2D eigenvalue weighted by Gasteiger charge is -2.45. The molecule has 0 spiro atoms. The molecule has 3 saturated heterocycles. The van der Waals surface area contributed by atoms with E-state index in [1.807, 2.05) is 28.0 Å². The van der Waals surface area contributed by atoms with Gasteiger partial charge in [-0.2, -0.15) is 0 Å². The lowest BCUT2D eigenvalue weighted by Crippen LogP contribution is -2.58. The Kier molecular flexibility index (Phi) is 4.11. The molecule has 4 heterocycles. The van der Waals surface area contributed by atoms with Crippen LogP contribution in [-0.2, 0) is 4.79 Å². The second kappa shape index (κ2) is 6.64. The van der Waals surface area contributed by atoms with Gasteiger partial charge in [-0.1, -0.05) is 0 Å². The van der Waals surface area contributed by atoms with Crippen molar-refractivity contribution in [2.24, 2.45) is 11.8 Å². The summed E-state index contributed by atoms with van der Waals surface area (Å²) >= 11 is 0. The van der Waals surface area contributed by atoms with Crippen LogP contribution in [0, 0.1) is 11.8 Å². The molecule has 7 heteroatoms. The maximum Gasteiger partial charge on any atom is 0.254 e. The van der Waals surface area contributed by atoms with Crippen molar-refractivity contribution in [2.75, 3.05) is 32.7 Å². The summed E-state index contributed by atoms with van der Waals surface area (Å²) in [5, 5.41) is 3.53. The van der Waals surface area contributed by atoms with Crippen molar-refractivity contribution < 1.29 is 9.59 Å². The summed E-state index contributed by atoms with van der Waals surface area (Å²) in [5.41, 5.74) is 2.40. The quantitative estimate of drug-likeness (QED) is 0.837. The highest BCUT2D eigenvalue weighted by molar-refractivity contribution is 5.97. The SMILES string of the molecule is O=C(c1ccc2nc[nH]c2c1)N1CCN(C(=O)C2CC3CCC2NC3)CC1. The number of H-pyrrole nitrogens is 1. The Hall–Kier alpha value is -2.41. The zero-order valence-corrected chi connectivity index (χ0v) is 15.4. The van der Waals surface area contributed by atoms with E-state index in [0.29, 0.717) is 43.7 Å². The summed E-state index contributed by atoms with van der Waals surface area (Å²) in [5.74, 6) is 1.09. The van der Waals surface area contributed by atoms with Gasteiger partial charge < -0.3 is 20.1 Å². The Morgan fingerprint density at radius 1 is 1.07 bits per heavy atom.